The fraction of sp³-hybridized carbons (Fsp3) is 0. The molecule has 0 saturated heterocycles. The first-order valence-corrected chi connectivity index (χ1v) is 5.67. The summed E-state index contributed by atoms with van der Waals surface area (Å²) < 4.78 is 8.88. The van der Waals surface area contributed by atoms with Crippen LogP contribution >= 0.6 is 7.82 Å². The molecule has 0 saturated carbocycles. The molecular formula is H11CaMgN8O22P. The Balaban J connectivity index is -0.0000000187. The monoisotopic (exact) mass is 570 g/mol. The van der Waals surface area contributed by atoms with Crippen molar-refractivity contribution in [1.82, 2.24) is 12.3 Å². The van der Waals surface area contributed by atoms with E-state index in [1.165, 1.54) is 0 Å². The van der Waals surface area contributed by atoms with Gasteiger partial charge in [-0.1, -0.05) is 0 Å². The van der Waals surface area contributed by atoms with Crippen LogP contribution in [0, 0.1) is 81.5 Å². The number of nitrogens with zero attached hydrogens (tertiary/aromatic N) is 6. The average molecular weight is 570 g/mol. The summed E-state index contributed by atoms with van der Waals surface area (Å²) in [6.07, 6.45) is 0. The van der Waals surface area contributed by atoms with Crippen LogP contribution in [0.2, 0.25) is 0 Å². The van der Waals surface area contributed by atoms with Gasteiger partial charge in [-0.2, -0.15) is 0 Å². The molecule has 33 heavy (non-hydrogen) atoms. The van der Waals surface area contributed by atoms with Gasteiger partial charge in [0.2, 0.25) is 0 Å². The first kappa shape index (κ1) is 69.8. The fourth-order valence-corrected chi connectivity index (χ4v) is 0. The van der Waals surface area contributed by atoms with E-state index >= 15 is 0 Å². The predicted molar refractivity (Wildman–Crippen MR) is 94.8 cm³/mol. The summed E-state index contributed by atoms with van der Waals surface area (Å²) in [5.74, 6) is 0. The SMILES string of the molecule is N.N.O=P(O)(O)O.O=[N+]([O-])O.O=[N+]([O-])O.O=[N+]([O-])[O-].O=[N+]([O-])[O-].O=[N+]([O-])[O-].O=[N+]([O-])[O-].[Ca+2].[Mg+2]. The van der Waals surface area contributed by atoms with Crippen molar-refractivity contribution in [1.29, 1.82) is 0 Å². The molecular weight excluding hydrogens is 559 g/mol. The zero-order valence-corrected chi connectivity index (χ0v) is 19.7. The molecule has 0 amide bonds. The van der Waals surface area contributed by atoms with Crippen molar-refractivity contribution in [3.63, 3.8) is 0 Å². The van der Waals surface area contributed by atoms with E-state index in [1.54, 1.807) is 0 Å². The Labute approximate surface area is 221 Å². The molecule has 30 nitrogen and oxygen atoms in total. The van der Waals surface area contributed by atoms with Gasteiger partial charge in [0.15, 0.2) is 0 Å². The van der Waals surface area contributed by atoms with Crippen LogP contribution in [-0.4, -0.2) is 116 Å². The summed E-state index contributed by atoms with van der Waals surface area (Å²) in [6.45, 7) is 0. The minimum atomic E-state index is -4.64. The van der Waals surface area contributed by atoms with Crippen LogP contribution in [0.4, 0.5) is 0 Å². The Kier molecular flexibility index (Phi) is 109. The summed E-state index contributed by atoms with van der Waals surface area (Å²) in [4.78, 5) is 71.3. The first-order chi connectivity index (χ1) is 12.4. The van der Waals surface area contributed by atoms with E-state index in [9.17, 15) is 0 Å². The van der Waals surface area contributed by atoms with Crippen molar-refractivity contribution in [3.05, 3.63) is 81.5 Å². The van der Waals surface area contributed by atoms with Gasteiger partial charge in [0.25, 0.3) is 10.2 Å². The minimum absolute atomic E-state index is 0. The normalized spacial score (nSPS) is 6.15. The second kappa shape index (κ2) is 51.7. The van der Waals surface area contributed by atoms with E-state index < -0.39 is 38.3 Å². The van der Waals surface area contributed by atoms with E-state index in [1.807, 2.05) is 0 Å². The Hall–Kier alpha value is -2.74. The molecule has 11 N–H and O–H groups in total. The van der Waals surface area contributed by atoms with Gasteiger partial charge < -0.3 is 98.7 Å². The average Bonchev–Trinajstić information content (AvgIpc) is 2.18. The predicted octanol–water partition coefficient (Wildman–Crippen LogP) is -3.02. The van der Waals surface area contributed by atoms with Crippen molar-refractivity contribution in [3.8, 4) is 0 Å². The largest absolute Gasteiger partial charge is 2.00 e. The van der Waals surface area contributed by atoms with Crippen LogP contribution < -0.4 is 12.3 Å². The Morgan fingerprint density at radius 1 is 0.485 bits per heavy atom. The molecule has 0 unspecified atom stereocenters. The summed E-state index contributed by atoms with van der Waals surface area (Å²) in [5, 5.41) is 86.3. The van der Waals surface area contributed by atoms with Gasteiger partial charge in [-0.3, -0.25) is 0 Å². The minimum Gasteiger partial charge on any atom is -0.356 e. The van der Waals surface area contributed by atoms with E-state index in [-0.39, 0.29) is 73.1 Å². The molecule has 33 heteroatoms. The Bertz CT molecular complexity index is 391. The van der Waals surface area contributed by atoms with Crippen LogP contribution in [0.5, 0.6) is 0 Å². The van der Waals surface area contributed by atoms with E-state index in [0.29, 0.717) is 0 Å². The number of rotatable bonds is 0. The van der Waals surface area contributed by atoms with Crippen molar-refractivity contribution in [2.75, 3.05) is 0 Å². The Morgan fingerprint density at radius 2 is 0.485 bits per heavy atom. The number of hydrogen-bond donors (Lipinski definition) is 7. The first-order valence-electron chi connectivity index (χ1n) is 4.10. The summed E-state index contributed by atoms with van der Waals surface area (Å²) in [6, 6.07) is 0. The standard InChI is InChI=1S/Ca.Mg.2HNO3.4NO3.2H3N.H3O4P/c;;6*2-1(3)4;;;1-5(2,3)4/h;;2*(H,2,3,4);;;;;2*1H3;(H3,1,2,3,4)/q2*+2;;;4*-1;;;. The van der Waals surface area contributed by atoms with Gasteiger partial charge in [0, 0.05) is 0 Å². The van der Waals surface area contributed by atoms with Crippen molar-refractivity contribution < 1.29 is 60.2 Å². The molecule has 0 fully saturated rings. The van der Waals surface area contributed by atoms with Crippen LogP contribution in [0.25, 0.3) is 0 Å². The molecule has 0 atom stereocenters. The molecule has 0 spiro atoms. The third-order valence-corrected chi connectivity index (χ3v) is 0. The second-order valence-corrected chi connectivity index (χ2v) is 2.91. The maximum atomic E-state index is 8.88. The molecule has 0 aliphatic rings. The van der Waals surface area contributed by atoms with Crippen LogP contribution in [-0.2, 0) is 4.57 Å². The zero-order valence-electron chi connectivity index (χ0n) is 15.1. The molecule has 0 radical (unpaired) electrons. The molecule has 0 aliphatic heterocycles. The van der Waals surface area contributed by atoms with Crippen LogP contribution in [0.15, 0.2) is 0 Å². The molecule has 0 rings (SSSR count). The third-order valence-electron chi connectivity index (χ3n) is 0. The maximum absolute atomic E-state index is 8.88. The van der Waals surface area contributed by atoms with Crippen LogP contribution in [0.1, 0.15) is 0 Å². The summed E-state index contributed by atoms with van der Waals surface area (Å²) in [7, 11) is -4.64. The quantitative estimate of drug-likeness (QED) is 0.0658. The zero-order chi connectivity index (χ0) is 26.0. The van der Waals surface area contributed by atoms with Gasteiger partial charge >= 0.3 is 68.6 Å². The van der Waals surface area contributed by atoms with Gasteiger partial charge in [0.1, 0.15) is 0 Å². The maximum Gasteiger partial charge on any atom is 2.00 e. The van der Waals surface area contributed by atoms with E-state index in [2.05, 4.69) is 0 Å². The van der Waals surface area contributed by atoms with E-state index in [4.69, 9.17) is 111 Å². The van der Waals surface area contributed by atoms with Crippen molar-refractivity contribution in [2.24, 2.45) is 0 Å². The molecule has 0 aliphatic carbocycles. The molecule has 0 aromatic rings. The second-order valence-electron chi connectivity index (χ2n) is 1.88. The van der Waals surface area contributed by atoms with Gasteiger partial charge in [-0.05, 0) is 0 Å². The summed E-state index contributed by atoms with van der Waals surface area (Å²) >= 11 is 0. The topological polar surface area (TPSA) is 539 Å². The Morgan fingerprint density at radius 3 is 0.485 bits per heavy atom. The molecule has 0 aromatic heterocycles. The van der Waals surface area contributed by atoms with Crippen molar-refractivity contribution in [2.45, 2.75) is 0 Å². The third kappa shape index (κ3) is 2890. The van der Waals surface area contributed by atoms with Crippen molar-refractivity contribution >= 4 is 68.6 Å². The smallest absolute Gasteiger partial charge is 0.356 e. The fourth-order valence-electron chi connectivity index (χ4n) is 0. The molecule has 192 valence electrons. The molecule has 0 bridgehead atoms. The molecule has 0 heterocycles. The molecule has 0 aromatic carbocycles. The van der Waals surface area contributed by atoms with Gasteiger partial charge in [-0.25, -0.2) is 4.57 Å². The number of hydrogen-bond acceptors (Lipinski definition) is 19. The summed E-state index contributed by atoms with van der Waals surface area (Å²) in [5.41, 5.74) is 0. The van der Waals surface area contributed by atoms with Gasteiger partial charge in [-0.15, -0.1) is 20.2 Å². The van der Waals surface area contributed by atoms with E-state index in [0.717, 1.165) is 0 Å². The van der Waals surface area contributed by atoms with Crippen LogP contribution in [0.3, 0.4) is 0 Å². The number of phosphoric acid groups is 1. The van der Waals surface area contributed by atoms with Gasteiger partial charge in [0.05, 0.1) is 20.3 Å².